The molecule has 2 rings (SSSR count). The number of β-amino-alcohol motifs (C(OH)–C–C–N with tert-alkyl or cyclic N) is 1. The molecular weight excluding hydrogens is 256 g/mol. The van der Waals surface area contributed by atoms with Crippen LogP contribution in [-0.2, 0) is 6.54 Å². The molecule has 1 aromatic carbocycles. The molecule has 1 unspecified atom stereocenters. The molecule has 0 aliphatic carbocycles. The molecule has 0 aromatic heterocycles. The quantitative estimate of drug-likeness (QED) is 0.856. The van der Waals surface area contributed by atoms with Crippen molar-refractivity contribution in [3.05, 3.63) is 28.2 Å². The maximum Gasteiger partial charge on any atom is 0.0731 e. The van der Waals surface area contributed by atoms with Gasteiger partial charge in [0.05, 0.1) is 11.8 Å². The lowest BCUT2D eigenvalue weighted by atomic mass is 10.2. The van der Waals surface area contributed by atoms with Crippen LogP contribution >= 0.6 is 15.9 Å². The molecule has 0 amide bonds. The van der Waals surface area contributed by atoms with Crippen LogP contribution in [0.1, 0.15) is 12.0 Å². The van der Waals surface area contributed by atoms with Gasteiger partial charge in [-0.05, 0) is 40.0 Å². The third kappa shape index (κ3) is 2.33. The number of benzene rings is 1. The van der Waals surface area contributed by atoms with Gasteiger partial charge in [-0.15, -0.1) is 0 Å². The molecule has 0 radical (unpaired) electrons. The molecule has 1 fully saturated rings. The summed E-state index contributed by atoms with van der Waals surface area (Å²) in [5.74, 6) is 0. The van der Waals surface area contributed by atoms with E-state index >= 15 is 0 Å². The largest absolute Gasteiger partial charge is 0.391 e. The highest BCUT2D eigenvalue weighted by atomic mass is 79.9. The van der Waals surface area contributed by atoms with Gasteiger partial charge in [-0.25, -0.2) is 0 Å². The number of hydrogen-bond donors (Lipinski definition) is 2. The van der Waals surface area contributed by atoms with Gasteiger partial charge >= 0.3 is 0 Å². The molecule has 1 aliphatic rings. The van der Waals surface area contributed by atoms with Gasteiger partial charge in [0.25, 0.3) is 0 Å². The molecule has 82 valence electrons. The Morgan fingerprint density at radius 3 is 2.87 bits per heavy atom. The van der Waals surface area contributed by atoms with Crippen LogP contribution in [0.4, 0.5) is 5.69 Å². The molecule has 15 heavy (non-hydrogen) atoms. The first-order valence-electron chi connectivity index (χ1n) is 5.12. The summed E-state index contributed by atoms with van der Waals surface area (Å²) in [5.41, 5.74) is 7.83. The van der Waals surface area contributed by atoms with E-state index in [1.807, 2.05) is 12.1 Å². The molecule has 1 heterocycles. The van der Waals surface area contributed by atoms with Crippen molar-refractivity contribution >= 4 is 21.6 Å². The summed E-state index contributed by atoms with van der Waals surface area (Å²) in [7, 11) is 0. The Bertz CT molecular complexity index is 356. The summed E-state index contributed by atoms with van der Waals surface area (Å²) in [4.78, 5) is 2.19. The first kappa shape index (κ1) is 10.9. The average molecular weight is 271 g/mol. The topological polar surface area (TPSA) is 49.5 Å². The van der Waals surface area contributed by atoms with E-state index in [2.05, 4.69) is 26.9 Å². The number of rotatable bonds is 2. The third-order valence-corrected chi connectivity index (χ3v) is 3.39. The third-order valence-electron chi connectivity index (χ3n) is 2.75. The van der Waals surface area contributed by atoms with Crippen LogP contribution in [0.15, 0.2) is 22.7 Å². The molecule has 3 N–H and O–H groups in total. The van der Waals surface area contributed by atoms with Gasteiger partial charge in [-0.3, -0.25) is 0 Å². The normalized spacial score (nSPS) is 21.0. The Morgan fingerprint density at radius 2 is 2.33 bits per heavy atom. The second-order valence-electron chi connectivity index (χ2n) is 3.88. The molecule has 1 aliphatic heterocycles. The smallest absolute Gasteiger partial charge is 0.0731 e. The zero-order valence-electron chi connectivity index (χ0n) is 8.49. The van der Waals surface area contributed by atoms with E-state index in [4.69, 9.17) is 5.73 Å². The standard InChI is InChI=1S/C11H15BrN2O/c12-10-5-8(6-13)1-2-11(10)14-4-3-9(15)7-14/h1-2,5,9,15H,3-4,6-7,13H2. The second-order valence-corrected chi connectivity index (χ2v) is 4.73. The predicted octanol–water partition coefficient (Wildman–Crippen LogP) is 1.48. The highest BCUT2D eigenvalue weighted by Crippen LogP contribution is 2.29. The van der Waals surface area contributed by atoms with Crippen LogP contribution in [0.25, 0.3) is 0 Å². The number of hydrogen-bond acceptors (Lipinski definition) is 3. The fourth-order valence-electron chi connectivity index (χ4n) is 1.89. The average Bonchev–Trinajstić information content (AvgIpc) is 2.64. The van der Waals surface area contributed by atoms with E-state index in [1.165, 1.54) is 0 Å². The lowest BCUT2D eigenvalue weighted by molar-refractivity contribution is 0.198. The minimum Gasteiger partial charge on any atom is -0.391 e. The van der Waals surface area contributed by atoms with Crippen molar-refractivity contribution in [1.82, 2.24) is 0 Å². The summed E-state index contributed by atoms with van der Waals surface area (Å²) in [6, 6.07) is 6.13. The zero-order chi connectivity index (χ0) is 10.8. The van der Waals surface area contributed by atoms with Gasteiger partial charge in [0.15, 0.2) is 0 Å². The molecule has 4 heteroatoms. The van der Waals surface area contributed by atoms with Crippen molar-refractivity contribution in [3.8, 4) is 0 Å². The molecule has 0 saturated carbocycles. The Hall–Kier alpha value is -0.580. The number of aliphatic hydroxyl groups is 1. The van der Waals surface area contributed by atoms with Crippen LogP contribution in [-0.4, -0.2) is 24.3 Å². The van der Waals surface area contributed by atoms with E-state index < -0.39 is 0 Å². The molecule has 3 nitrogen and oxygen atoms in total. The zero-order valence-corrected chi connectivity index (χ0v) is 10.1. The van der Waals surface area contributed by atoms with Gasteiger partial charge in [-0.2, -0.15) is 0 Å². The van der Waals surface area contributed by atoms with E-state index in [0.29, 0.717) is 6.54 Å². The molecule has 0 bridgehead atoms. The van der Waals surface area contributed by atoms with E-state index in [9.17, 15) is 5.11 Å². The molecule has 1 aromatic rings. The number of aliphatic hydroxyl groups excluding tert-OH is 1. The molecule has 0 spiro atoms. The van der Waals surface area contributed by atoms with Gasteiger partial charge in [0.2, 0.25) is 0 Å². The summed E-state index contributed by atoms with van der Waals surface area (Å²) >= 11 is 3.54. The summed E-state index contributed by atoms with van der Waals surface area (Å²) in [6.07, 6.45) is 0.663. The Balaban J connectivity index is 2.21. The van der Waals surface area contributed by atoms with Crippen LogP contribution in [0, 0.1) is 0 Å². The Morgan fingerprint density at radius 1 is 1.53 bits per heavy atom. The van der Waals surface area contributed by atoms with Crippen molar-refractivity contribution in [2.75, 3.05) is 18.0 Å². The Labute approximate surface area is 98.0 Å². The number of nitrogens with two attached hydrogens (primary N) is 1. The first-order valence-corrected chi connectivity index (χ1v) is 5.91. The van der Waals surface area contributed by atoms with Crippen molar-refractivity contribution in [2.24, 2.45) is 5.73 Å². The van der Waals surface area contributed by atoms with Crippen LogP contribution < -0.4 is 10.6 Å². The van der Waals surface area contributed by atoms with Crippen LogP contribution in [0.5, 0.6) is 0 Å². The lowest BCUT2D eigenvalue weighted by Gasteiger charge is -2.19. The van der Waals surface area contributed by atoms with E-state index in [1.54, 1.807) is 0 Å². The van der Waals surface area contributed by atoms with Crippen molar-refractivity contribution in [3.63, 3.8) is 0 Å². The summed E-state index contributed by atoms with van der Waals surface area (Å²) in [6.45, 7) is 2.20. The fraction of sp³-hybridized carbons (Fsp3) is 0.455. The van der Waals surface area contributed by atoms with Crippen molar-refractivity contribution in [1.29, 1.82) is 0 Å². The SMILES string of the molecule is NCc1ccc(N2CCC(O)C2)c(Br)c1. The second kappa shape index (κ2) is 4.51. The lowest BCUT2D eigenvalue weighted by Crippen LogP contribution is -2.21. The van der Waals surface area contributed by atoms with E-state index in [-0.39, 0.29) is 6.10 Å². The predicted molar refractivity (Wildman–Crippen MR) is 64.9 cm³/mol. The molecular formula is C11H15BrN2O. The van der Waals surface area contributed by atoms with Gasteiger partial charge < -0.3 is 15.7 Å². The maximum absolute atomic E-state index is 9.48. The van der Waals surface area contributed by atoms with Crippen LogP contribution in [0.2, 0.25) is 0 Å². The van der Waals surface area contributed by atoms with E-state index in [0.717, 1.165) is 35.2 Å². The number of halogens is 1. The number of nitrogens with zero attached hydrogens (tertiary/aromatic N) is 1. The summed E-state index contributed by atoms with van der Waals surface area (Å²) < 4.78 is 1.06. The minimum absolute atomic E-state index is 0.189. The Kier molecular flexibility index (Phi) is 3.29. The van der Waals surface area contributed by atoms with Gasteiger partial charge in [0, 0.05) is 24.1 Å². The molecule has 1 saturated heterocycles. The highest BCUT2D eigenvalue weighted by molar-refractivity contribution is 9.10. The highest BCUT2D eigenvalue weighted by Gasteiger charge is 2.21. The van der Waals surface area contributed by atoms with Gasteiger partial charge in [0.1, 0.15) is 0 Å². The van der Waals surface area contributed by atoms with Gasteiger partial charge in [-0.1, -0.05) is 6.07 Å². The minimum atomic E-state index is -0.189. The van der Waals surface area contributed by atoms with Crippen molar-refractivity contribution in [2.45, 2.75) is 19.1 Å². The monoisotopic (exact) mass is 270 g/mol. The maximum atomic E-state index is 9.48. The first-order chi connectivity index (χ1) is 7.20. The fourth-order valence-corrected chi connectivity index (χ4v) is 2.57. The van der Waals surface area contributed by atoms with Crippen molar-refractivity contribution < 1.29 is 5.11 Å². The number of anilines is 1. The van der Waals surface area contributed by atoms with Crippen LogP contribution in [0.3, 0.4) is 0 Å². The summed E-state index contributed by atoms with van der Waals surface area (Å²) in [5, 5.41) is 9.48. The molecule has 1 atom stereocenters.